The Hall–Kier alpha value is -2.02. The number of rotatable bonds is 8. The van der Waals surface area contributed by atoms with E-state index in [0.29, 0.717) is 5.16 Å². The third-order valence-corrected chi connectivity index (χ3v) is 4.75. The Kier molecular flexibility index (Phi) is 6.66. The number of nitrogen functional groups attached to an aromatic ring is 1. The Balaban J connectivity index is 2.02. The van der Waals surface area contributed by atoms with Crippen molar-refractivity contribution in [2.24, 2.45) is 0 Å². The van der Waals surface area contributed by atoms with Crippen LogP contribution in [0.5, 0.6) is 0 Å². The van der Waals surface area contributed by atoms with E-state index in [2.05, 4.69) is 48.4 Å². The molecule has 0 saturated carbocycles. The number of para-hydroxylation sites is 1. The quantitative estimate of drug-likeness (QED) is 0.566. The van der Waals surface area contributed by atoms with Gasteiger partial charge >= 0.3 is 0 Å². The van der Waals surface area contributed by atoms with Gasteiger partial charge in [0.05, 0.1) is 5.75 Å². The zero-order valence-corrected chi connectivity index (χ0v) is 15.3. The molecule has 130 valence electrons. The van der Waals surface area contributed by atoms with E-state index < -0.39 is 0 Å². The van der Waals surface area contributed by atoms with E-state index >= 15 is 0 Å². The fraction of sp³-hybridized carbons (Fsp3) is 0.471. The van der Waals surface area contributed by atoms with Gasteiger partial charge in [0.2, 0.25) is 11.1 Å². The van der Waals surface area contributed by atoms with Gasteiger partial charge in [0.15, 0.2) is 5.82 Å². The van der Waals surface area contributed by atoms with Gasteiger partial charge in [0.1, 0.15) is 0 Å². The van der Waals surface area contributed by atoms with Crippen molar-refractivity contribution in [3.63, 3.8) is 0 Å². The molecule has 1 heterocycles. The number of aryl methyl sites for hydroxylation is 3. The van der Waals surface area contributed by atoms with Crippen LogP contribution in [-0.4, -0.2) is 26.5 Å². The van der Waals surface area contributed by atoms with E-state index in [1.54, 1.807) is 0 Å². The van der Waals surface area contributed by atoms with Crippen LogP contribution in [0.4, 0.5) is 5.69 Å². The number of anilines is 1. The smallest absolute Gasteiger partial charge is 0.234 e. The molecule has 1 aromatic heterocycles. The number of hydrogen-bond acceptors (Lipinski definition) is 5. The average molecular weight is 347 g/mol. The van der Waals surface area contributed by atoms with E-state index in [1.165, 1.54) is 16.4 Å². The zero-order valence-electron chi connectivity index (χ0n) is 14.5. The Labute approximate surface area is 147 Å². The van der Waals surface area contributed by atoms with Crippen molar-refractivity contribution < 1.29 is 4.79 Å². The molecule has 0 atom stereocenters. The number of nitrogens with one attached hydrogen (secondary N) is 1. The first-order chi connectivity index (χ1) is 11.6. The second kappa shape index (κ2) is 8.73. The highest BCUT2D eigenvalue weighted by atomic mass is 32.2. The fourth-order valence-electron chi connectivity index (χ4n) is 2.51. The minimum Gasteiger partial charge on any atom is -0.336 e. The number of carbonyl (C=O) groups excluding carboxylic acids is 1. The highest BCUT2D eigenvalue weighted by molar-refractivity contribution is 7.99. The maximum atomic E-state index is 12.3. The molecule has 7 heteroatoms. The molecule has 6 nitrogen and oxygen atoms in total. The standard InChI is InChI=1S/C17H25N5OS/c1-4-8-14-20-21-17(22(14)18)24-11-15(23)19-16-12(5-2)9-7-10-13(16)6-3/h7,9-10H,4-6,8,11,18H2,1-3H3,(H,19,23). The van der Waals surface area contributed by atoms with Crippen LogP contribution < -0.4 is 11.2 Å². The SMILES string of the molecule is CCCc1nnc(SCC(=O)Nc2c(CC)cccc2CC)n1N. The van der Waals surface area contributed by atoms with Crippen molar-refractivity contribution in [3.8, 4) is 0 Å². The number of nitrogens with zero attached hydrogens (tertiary/aromatic N) is 3. The van der Waals surface area contributed by atoms with E-state index in [9.17, 15) is 4.79 Å². The molecule has 24 heavy (non-hydrogen) atoms. The second-order valence-corrected chi connectivity index (χ2v) is 6.46. The predicted octanol–water partition coefficient (Wildman–Crippen LogP) is 2.80. The molecule has 0 unspecified atom stereocenters. The molecule has 0 aliphatic heterocycles. The van der Waals surface area contributed by atoms with E-state index in [-0.39, 0.29) is 11.7 Å². The van der Waals surface area contributed by atoms with Crippen LogP contribution in [0.3, 0.4) is 0 Å². The molecule has 3 N–H and O–H groups in total. The Bertz CT molecular complexity index is 676. The summed E-state index contributed by atoms with van der Waals surface area (Å²) < 4.78 is 1.47. The monoisotopic (exact) mass is 347 g/mol. The summed E-state index contributed by atoms with van der Waals surface area (Å²) in [5.41, 5.74) is 3.24. The van der Waals surface area contributed by atoms with Crippen molar-refractivity contribution in [1.82, 2.24) is 14.9 Å². The number of aromatic nitrogens is 3. The van der Waals surface area contributed by atoms with Crippen molar-refractivity contribution >= 4 is 23.4 Å². The summed E-state index contributed by atoms with van der Waals surface area (Å²) in [7, 11) is 0. The van der Waals surface area contributed by atoms with Gasteiger partial charge in [-0.2, -0.15) is 0 Å². The lowest BCUT2D eigenvalue weighted by molar-refractivity contribution is -0.113. The molecule has 1 aromatic carbocycles. The molecule has 0 bridgehead atoms. The first-order valence-electron chi connectivity index (χ1n) is 8.33. The Morgan fingerprint density at radius 1 is 1.21 bits per heavy atom. The summed E-state index contributed by atoms with van der Waals surface area (Å²) in [6.07, 6.45) is 3.50. The summed E-state index contributed by atoms with van der Waals surface area (Å²) in [6.45, 7) is 6.24. The van der Waals surface area contributed by atoms with Gasteiger partial charge in [-0.3, -0.25) is 4.79 Å². The van der Waals surface area contributed by atoms with Crippen molar-refractivity contribution in [1.29, 1.82) is 0 Å². The molecule has 0 spiro atoms. The Morgan fingerprint density at radius 2 is 1.88 bits per heavy atom. The molecule has 0 aliphatic rings. The molecule has 0 radical (unpaired) electrons. The number of amides is 1. The number of carbonyl (C=O) groups is 1. The largest absolute Gasteiger partial charge is 0.336 e. The van der Waals surface area contributed by atoms with E-state index in [1.807, 2.05) is 6.07 Å². The first kappa shape index (κ1) is 18.3. The maximum Gasteiger partial charge on any atom is 0.234 e. The summed E-state index contributed by atoms with van der Waals surface area (Å²) in [6, 6.07) is 6.14. The fourth-order valence-corrected chi connectivity index (χ4v) is 3.18. The maximum absolute atomic E-state index is 12.3. The molecule has 1 amide bonds. The minimum absolute atomic E-state index is 0.0596. The van der Waals surface area contributed by atoms with Crippen molar-refractivity contribution in [3.05, 3.63) is 35.2 Å². The van der Waals surface area contributed by atoms with Crippen LogP contribution in [0, 0.1) is 0 Å². The molecular formula is C17H25N5OS. The highest BCUT2D eigenvalue weighted by Gasteiger charge is 2.14. The van der Waals surface area contributed by atoms with Gasteiger partial charge in [-0.05, 0) is 30.4 Å². The molecule has 0 aliphatic carbocycles. The van der Waals surface area contributed by atoms with Crippen LogP contribution in [0.2, 0.25) is 0 Å². The number of hydrogen-bond donors (Lipinski definition) is 2. The lowest BCUT2D eigenvalue weighted by atomic mass is 10.0. The molecule has 2 rings (SSSR count). The summed E-state index contributed by atoms with van der Waals surface area (Å²) in [5, 5.41) is 11.7. The third kappa shape index (κ3) is 4.29. The molecule has 0 saturated heterocycles. The normalized spacial score (nSPS) is 10.8. The van der Waals surface area contributed by atoms with Crippen LogP contribution >= 0.6 is 11.8 Å². The number of benzene rings is 1. The average Bonchev–Trinajstić information content (AvgIpc) is 2.93. The topological polar surface area (TPSA) is 85.8 Å². The summed E-state index contributed by atoms with van der Waals surface area (Å²) >= 11 is 1.30. The van der Waals surface area contributed by atoms with Gasteiger partial charge in [-0.1, -0.05) is 50.7 Å². The molecular weight excluding hydrogens is 322 g/mol. The summed E-state index contributed by atoms with van der Waals surface area (Å²) in [5.74, 6) is 6.89. The van der Waals surface area contributed by atoms with Gasteiger partial charge in [0, 0.05) is 12.1 Å². The van der Waals surface area contributed by atoms with Crippen LogP contribution in [0.15, 0.2) is 23.4 Å². The van der Waals surface area contributed by atoms with Crippen molar-refractivity contribution in [2.45, 2.75) is 51.6 Å². The van der Waals surface area contributed by atoms with Gasteiger partial charge in [-0.25, -0.2) is 4.68 Å². The number of nitrogens with two attached hydrogens (primary N) is 1. The van der Waals surface area contributed by atoms with Crippen LogP contribution in [0.25, 0.3) is 0 Å². The lowest BCUT2D eigenvalue weighted by Crippen LogP contribution is -2.18. The second-order valence-electron chi connectivity index (χ2n) is 5.51. The number of thioether (sulfide) groups is 1. The minimum atomic E-state index is -0.0596. The predicted molar refractivity (Wildman–Crippen MR) is 98.7 cm³/mol. The zero-order chi connectivity index (χ0) is 17.5. The van der Waals surface area contributed by atoms with Crippen LogP contribution in [0.1, 0.15) is 44.1 Å². The van der Waals surface area contributed by atoms with E-state index in [4.69, 9.17) is 5.84 Å². The summed E-state index contributed by atoms with van der Waals surface area (Å²) in [4.78, 5) is 12.3. The Morgan fingerprint density at radius 3 is 2.46 bits per heavy atom. The van der Waals surface area contributed by atoms with Gasteiger partial charge in [0.25, 0.3) is 0 Å². The van der Waals surface area contributed by atoms with Crippen molar-refractivity contribution in [2.75, 3.05) is 16.9 Å². The lowest BCUT2D eigenvalue weighted by Gasteiger charge is -2.14. The third-order valence-electron chi connectivity index (χ3n) is 3.80. The van der Waals surface area contributed by atoms with Gasteiger partial charge < -0.3 is 11.2 Å². The van der Waals surface area contributed by atoms with Crippen LogP contribution in [-0.2, 0) is 24.1 Å². The first-order valence-corrected chi connectivity index (χ1v) is 9.31. The van der Waals surface area contributed by atoms with E-state index in [0.717, 1.165) is 48.3 Å². The molecule has 2 aromatic rings. The molecule has 0 fully saturated rings. The van der Waals surface area contributed by atoms with Gasteiger partial charge in [-0.15, -0.1) is 10.2 Å². The highest BCUT2D eigenvalue weighted by Crippen LogP contribution is 2.23.